The van der Waals surface area contributed by atoms with Crippen molar-refractivity contribution in [1.82, 2.24) is 0 Å². The van der Waals surface area contributed by atoms with Crippen LogP contribution in [0.2, 0.25) is 0 Å². The Bertz CT molecular complexity index is 156. The molecule has 1 aliphatic rings. The number of allylic oxidation sites excluding steroid dienone is 2. The molecule has 0 nitrogen and oxygen atoms in total. The van der Waals surface area contributed by atoms with Crippen molar-refractivity contribution in [2.45, 2.75) is 0 Å². The van der Waals surface area contributed by atoms with Gasteiger partial charge in [0.05, 0.1) is 1.59 Å². The lowest BCUT2D eigenvalue weighted by molar-refractivity contribution is 2.08. The molecule has 0 fully saturated rings. The van der Waals surface area contributed by atoms with Crippen molar-refractivity contribution in [2.24, 2.45) is 0 Å². The van der Waals surface area contributed by atoms with Crippen molar-refractivity contribution >= 4 is 78.4 Å². The van der Waals surface area contributed by atoms with Crippen molar-refractivity contribution in [3.8, 4) is 0 Å². The van der Waals surface area contributed by atoms with Crippen molar-refractivity contribution in [1.29, 1.82) is 0 Å². The molecular formula is C4H2I4. The van der Waals surface area contributed by atoms with Crippen LogP contribution in [-0.2, 0) is 0 Å². The van der Waals surface area contributed by atoms with Gasteiger partial charge in [-0.05, 0) is 71.9 Å². The Hall–Kier alpha value is 2.40. The van der Waals surface area contributed by atoms with Gasteiger partial charge in [-0.15, -0.1) is 0 Å². The lowest BCUT2D eigenvalue weighted by Crippen LogP contribution is -1.60. The molecule has 0 aromatic rings. The Morgan fingerprint density at radius 3 is 2.50 bits per heavy atom. The number of hydrogen-bond acceptors (Lipinski definition) is 0. The zero-order valence-electron chi connectivity index (χ0n) is 3.67. The largest absolute Gasteiger partial charge is 0.0647 e. The molecule has 0 radical (unpaired) electrons. The Morgan fingerprint density at radius 1 is 1.38 bits per heavy atom. The Kier molecular flexibility index (Phi) is 4.58. The van der Waals surface area contributed by atoms with Crippen LogP contribution in [0.3, 0.4) is 0 Å². The van der Waals surface area contributed by atoms with E-state index in [9.17, 15) is 0 Å². The third-order valence-corrected chi connectivity index (χ3v) is 18.6. The third-order valence-electron chi connectivity index (χ3n) is 0.541. The predicted octanol–water partition coefficient (Wildman–Crippen LogP) is 4.41. The molecule has 0 aromatic carbocycles. The zero-order valence-corrected chi connectivity index (χ0v) is 12.3. The molecule has 4 heteroatoms. The number of halogens is 4. The summed E-state index contributed by atoms with van der Waals surface area (Å²) in [4.78, 5) is 0. The van der Waals surface area contributed by atoms with Gasteiger partial charge in [-0.1, -0.05) is 16.6 Å². The van der Waals surface area contributed by atoms with Crippen LogP contribution in [0.1, 0.15) is 0 Å². The van der Waals surface area contributed by atoms with Crippen LogP contribution in [0, 0.1) is 0 Å². The summed E-state index contributed by atoms with van der Waals surface area (Å²) in [6.07, 6.45) is 2.26. The maximum Gasteiger partial charge on any atom is 0.0647 e. The van der Waals surface area contributed by atoms with E-state index in [2.05, 4.69) is 55.3 Å². The second-order valence-corrected chi connectivity index (χ2v) is 13.9. The first-order valence-corrected chi connectivity index (χ1v) is 12.6. The highest BCUT2D eigenvalue weighted by molar-refractivity contribution is 14.8. The summed E-state index contributed by atoms with van der Waals surface area (Å²) in [6.45, 7) is 0. The van der Waals surface area contributed by atoms with Crippen LogP contribution in [-0.4, -0.2) is 0 Å². The maximum atomic E-state index is 2.48. The topological polar surface area (TPSA) is 0 Å². The van der Waals surface area contributed by atoms with Gasteiger partial charge < -0.3 is 0 Å². The van der Waals surface area contributed by atoms with E-state index in [1.54, 1.807) is 1.59 Å². The van der Waals surface area contributed by atoms with Crippen LogP contribution in [0.25, 0.3) is 0 Å². The molecule has 1 heterocycles. The first kappa shape index (κ1) is 8.50. The van der Waals surface area contributed by atoms with Gasteiger partial charge in [-0.25, -0.2) is 0 Å². The molecule has 8 heavy (non-hydrogen) atoms. The zero-order chi connectivity index (χ0) is 5.98. The fourth-order valence-corrected chi connectivity index (χ4v) is 14.5. The minimum Gasteiger partial charge on any atom is -0.0519 e. The van der Waals surface area contributed by atoms with E-state index in [4.69, 9.17) is 0 Å². The van der Waals surface area contributed by atoms with Gasteiger partial charge in [-0.3, -0.25) is 0 Å². The highest BCUT2D eigenvalue weighted by Gasteiger charge is 1.95. The summed E-state index contributed by atoms with van der Waals surface area (Å²) >= 11 is 5.89. The molecular weight excluding hydrogens is 556 g/mol. The quantitative estimate of drug-likeness (QED) is 0.388. The normalized spacial score (nSPS) is 19.8. The van der Waals surface area contributed by atoms with E-state index in [0.29, 0.717) is 33.2 Å². The van der Waals surface area contributed by atoms with Gasteiger partial charge in [-0.2, -0.15) is 0 Å². The first-order chi connectivity index (χ1) is 3.80. The molecule has 1 aliphatic heterocycles. The molecule has 46 valence electrons. The van der Waals surface area contributed by atoms with E-state index in [1.807, 2.05) is 0 Å². The summed E-state index contributed by atoms with van der Waals surface area (Å²) < 4.78 is 5.54. The Morgan fingerprint density at radius 2 is 2.12 bits per heavy atom. The molecule has 0 saturated heterocycles. The van der Waals surface area contributed by atoms with Gasteiger partial charge in [0.15, 0.2) is 0 Å². The van der Waals surface area contributed by atoms with E-state index < -0.39 is 0 Å². The molecule has 0 amide bonds. The van der Waals surface area contributed by atoms with Gasteiger partial charge in [0.2, 0.25) is 0 Å². The van der Waals surface area contributed by atoms with Crippen molar-refractivity contribution in [2.75, 3.05) is 0 Å². The fourth-order valence-electron chi connectivity index (χ4n) is 0.236. The minimum absolute atomic E-state index is 0.494. The third kappa shape index (κ3) is 2.56. The second-order valence-electron chi connectivity index (χ2n) is 1.05. The van der Waals surface area contributed by atoms with Gasteiger partial charge >= 0.3 is 0 Å². The molecule has 0 aliphatic carbocycles. The van der Waals surface area contributed by atoms with Crippen LogP contribution in [0.4, 0.5) is 0 Å². The van der Waals surface area contributed by atoms with Crippen LogP contribution in [0.5, 0.6) is 0 Å². The number of hydrogen-bond donors (Lipinski definition) is 0. The molecule has 1 rings (SSSR count). The van der Waals surface area contributed by atoms with Crippen molar-refractivity contribution < 1.29 is 0 Å². The predicted molar refractivity (Wildman–Crippen MR) is 72.2 cm³/mol. The number of rotatable bonds is 0. The minimum atomic E-state index is 0.494. The monoisotopic (exact) mass is 558 g/mol. The molecule has 0 saturated carbocycles. The molecule has 0 N–H and O–H groups in total. The highest BCUT2D eigenvalue weighted by atomic mass is 128. The summed E-state index contributed by atoms with van der Waals surface area (Å²) in [5.41, 5.74) is 0. The Balaban J connectivity index is 2.97. The molecule has 0 atom stereocenters. The Labute approximate surface area is 91.5 Å². The molecule has 0 bridgehead atoms. The molecule has 0 spiro atoms. The molecule has 0 aromatic heterocycles. The lowest BCUT2D eigenvalue weighted by Gasteiger charge is -1.93. The fraction of sp³-hybridized carbons (Fsp3) is 0. The second kappa shape index (κ2) is 4.31. The standard InChI is InChI=1S/C4H2I4/c5-3-1-2-7-8-4(3)6/h1-2H. The summed E-state index contributed by atoms with van der Waals surface area (Å²) in [5.74, 6) is 0. The lowest BCUT2D eigenvalue weighted by atomic mass is 10.6. The van der Waals surface area contributed by atoms with Crippen molar-refractivity contribution in [3.63, 3.8) is 0 Å². The average Bonchev–Trinajstić information content (AvgIpc) is 1.77. The highest BCUT2D eigenvalue weighted by Crippen LogP contribution is 2.41. The summed E-state index contributed by atoms with van der Waals surface area (Å²) in [5, 5.41) is 0. The van der Waals surface area contributed by atoms with E-state index in [-0.39, 0.29) is 0 Å². The summed E-state index contributed by atoms with van der Waals surface area (Å²) in [7, 11) is 0. The van der Waals surface area contributed by atoms with Gasteiger partial charge in [0, 0.05) is 3.58 Å². The smallest absolute Gasteiger partial charge is 0.0519 e. The average molecular weight is 558 g/mol. The van der Waals surface area contributed by atoms with E-state index in [1.165, 1.54) is 3.58 Å². The molecule has 0 unspecified atom stereocenters. The van der Waals surface area contributed by atoms with Crippen molar-refractivity contribution in [3.05, 3.63) is 15.3 Å². The van der Waals surface area contributed by atoms with Crippen LogP contribution in [0.15, 0.2) is 15.3 Å². The summed E-state index contributed by atoms with van der Waals surface area (Å²) in [6, 6.07) is 0. The van der Waals surface area contributed by atoms with E-state index >= 15 is 0 Å². The maximum absolute atomic E-state index is 2.48. The van der Waals surface area contributed by atoms with Gasteiger partial charge in [0.25, 0.3) is 0 Å². The first-order valence-electron chi connectivity index (χ1n) is 1.80. The van der Waals surface area contributed by atoms with Crippen LogP contribution >= 0.6 is 78.4 Å². The van der Waals surface area contributed by atoms with Crippen LogP contribution < -0.4 is 0 Å². The van der Waals surface area contributed by atoms with Gasteiger partial charge in [0.1, 0.15) is 0 Å². The SMILES string of the molecule is IC1=C(I)I=IC=C1. The van der Waals surface area contributed by atoms with E-state index in [0.717, 1.165) is 0 Å².